The summed E-state index contributed by atoms with van der Waals surface area (Å²) in [5.41, 5.74) is 1.39. The van der Waals surface area contributed by atoms with Crippen LogP contribution in [0.3, 0.4) is 0 Å². The Bertz CT molecular complexity index is 654. The van der Waals surface area contributed by atoms with Gasteiger partial charge in [0.25, 0.3) is 5.91 Å². The van der Waals surface area contributed by atoms with E-state index in [0.717, 1.165) is 5.56 Å². The minimum atomic E-state index is -0.516. The highest BCUT2D eigenvalue weighted by Gasteiger charge is 2.23. The molecule has 122 valence electrons. The van der Waals surface area contributed by atoms with E-state index in [0.29, 0.717) is 12.3 Å². The number of methoxy groups -OCH3 is 2. The molecule has 0 fully saturated rings. The lowest BCUT2D eigenvalue weighted by molar-refractivity contribution is -0.141. The van der Waals surface area contributed by atoms with Crippen molar-refractivity contribution >= 4 is 11.9 Å². The van der Waals surface area contributed by atoms with Crippen molar-refractivity contribution in [3.05, 3.63) is 42.2 Å². The number of ether oxygens (including phenoxy) is 2. The summed E-state index contributed by atoms with van der Waals surface area (Å²) in [4.78, 5) is 25.2. The molecule has 0 saturated carbocycles. The van der Waals surface area contributed by atoms with Crippen molar-refractivity contribution in [2.24, 2.45) is 0 Å². The smallest absolute Gasteiger partial charge is 0.325 e. The zero-order valence-corrected chi connectivity index (χ0v) is 13.0. The fourth-order valence-electron chi connectivity index (χ4n) is 1.95. The lowest BCUT2D eigenvalue weighted by Gasteiger charge is -2.19. The molecule has 0 unspecified atom stereocenters. The van der Waals surface area contributed by atoms with Crippen molar-refractivity contribution < 1.29 is 23.6 Å². The summed E-state index contributed by atoms with van der Waals surface area (Å²) in [5, 5.41) is 3.90. The number of aromatic nitrogens is 1. The van der Waals surface area contributed by atoms with Gasteiger partial charge in [-0.25, -0.2) is 0 Å². The quantitative estimate of drug-likeness (QED) is 0.721. The second-order valence-corrected chi connectivity index (χ2v) is 4.74. The number of benzene rings is 1. The summed E-state index contributed by atoms with van der Waals surface area (Å²) in [6.45, 7) is 0.355. The lowest BCUT2D eigenvalue weighted by Crippen LogP contribution is -2.38. The molecular weight excluding hydrogens is 300 g/mol. The van der Waals surface area contributed by atoms with Crippen LogP contribution >= 0.6 is 0 Å². The summed E-state index contributed by atoms with van der Waals surface area (Å²) < 4.78 is 14.7. The predicted octanol–water partition coefficient (Wildman–Crippen LogP) is 1.60. The molecule has 1 amide bonds. The molecule has 0 aliphatic carbocycles. The molecule has 7 heteroatoms. The van der Waals surface area contributed by atoms with Crippen LogP contribution in [0.15, 0.2) is 40.9 Å². The Morgan fingerprint density at radius 1 is 1.22 bits per heavy atom. The van der Waals surface area contributed by atoms with Gasteiger partial charge in [0.05, 0.1) is 13.7 Å². The first-order chi connectivity index (χ1) is 11.2. The molecule has 2 rings (SSSR count). The number of nitrogens with zero attached hydrogens (tertiary/aromatic N) is 2. The summed E-state index contributed by atoms with van der Waals surface area (Å²) in [6.07, 6.45) is 0. The average molecular weight is 318 g/mol. The molecule has 1 aromatic heterocycles. The van der Waals surface area contributed by atoms with Gasteiger partial charge in [0, 0.05) is 25.3 Å². The van der Waals surface area contributed by atoms with E-state index < -0.39 is 11.9 Å². The molecule has 7 nitrogen and oxygen atoms in total. The number of esters is 1. The van der Waals surface area contributed by atoms with Crippen LogP contribution in [0, 0.1) is 0 Å². The Hall–Kier alpha value is -2.67. The van der Waals surface area contributed by atoms with Crippen LogP contribution in [-0.4, -0.2) is 55.8 Å². The second kappa shape index (κ2) is 8.09. The van der Waals surface area contributed by atoms with Crippen LogP contribution in [0.5, 0.6) is 0 Å². The molecule has 2 aromatic rings. The zero-order chi connectivity index (χ0) is 16.7. The van der Waals surface area contributed by atoms with Crippen molar-refractivity contribution in [2.45, 2.75) is 0 Å². The molecule has 23 heavy (non-hydrogen) atoms. The standard InChI is InChI=1S/C16H18N2O5/c1-21-9-8-18(11-15(19)22-2)16(20)14-10-13(17-23-14)12-6-4-3-5-7-12/h3-7,10H,8-9,11H2,1-2H3. The summed E-state index contributed by atoms with van der Waals surface area (Å²) in [6, 6.07) is 10.9. The second-order valence-electron chi connectivity index (χ2n) is 4.74. The molecule has 0 spiro atoms. The first-order valence-corrected chi connectivity index (χ1v) is 7.03. The Balaban J connectivity index is 2.16. The Morgan fingerprint density at radius 3 is 2.61 bits per heavy atom. The van der Waals surface area contributed by atoms with Gasteiger partial charge in [-0.2, -0.15) is 0 Å². The largest absolute Gasteiger partial charge is 0.468 e. The van der Waals surface area contributed by atoms with E-state index in [2.05, 4.69) is 9.89 Å². The molecular formula is C16H18N2O5. The Labute approximate surface area is 133 Å². The van der Waals surface area contributed by atoms with E-state index in [-0.39, 0.29) is 18.8 Å². The van der Waals surface area contributed by atoms with Crippen LogP contribution in [0.25, 0.3) is 11.3 Å². The van der Waals surface area contributed by atoms with Gasteiger partial charge in [0.2, 0.25) is 5.76 Å². The fourth-order valence-corrected chi connectivity index (χ4v) is 1.95. The number of hydrogen-bond donors (Lipinski definition) is 0. The third-order valence-electron chi connectivity index (χ3n) is 3.19. The molecule has 0 saturated heterocycles. The number of hydrogen-bond acceptors (Lipinski definition) is 6. The highest BCUT2D eigenvalue weighted by Crippen LogP contribution is 2.19. The normalized spacial score (nSPS) is 10.3. The molecule has 0 atom stereocenters. The third-order valence-corrected chi connectivity index (χ3v) is 3.19. The van der Waals surface area contributed by atoms with Crippen molar-refractivity contribution in [1.82, 2.24) is 10.1 Å². The molecule has 1 aromatic carbocycles. The minimum absolute atomic E-state index is 0.0591. The van der Waals surface area contributed by atoms with Gasteiger partial charge in [-0.05, 0) is 0 Å². The van der Waals surface area contributed by atoms with Gasteiger partial charge in [0.15, 0.2) is 0 Å². The highest BCUT2D eigenvalue weighted by atomic mass is 16.5. The number of amides is 1. The molecule has 0 radical (unpaired) electrons. The molecule has 0 aliphatic rings. The fraction of sp³-hybridized carbons (Fsp3) is 0.312. The van der Waals surface area contributed by atoms with E-state index in [1.165, 1.54) is 19.1 Å². The first-order valence-electron chi connectivity index (χ1n) is 7.03. The van der Waals surface area contributed by atoms with Crippen molar-refractivity contribution in [3.63, 3.8) is 0 Å². The average Bonchev–Trinajstić information content (AvgIpc) is 3.08. The van der Waals surface area contributed by atoms with Gasteiger partial charge in [-0.15, -0.1) is 0 Å². The van der Waals surface area contributed by atoms with E-state index in [9.17, 15) is 9.59 Å². The monoisotopic (exact) mass is 318 g/mol. The molecule has 0 aliphatic heterocycles. The van der Waals surface area contributed by atoms with E-state index >= 15 is 0 Å². The van der Waals surface area contributed by atoms with Gasteiger partial charge in [0.1, 0.15) is 12.2 Å². The van der Waals surface area contributed by atoms with Crippen molar-refractivity contribution in [2.75, 3.05) is 33.9 Å². The van der Waals surface area contributed by atoms with Gasteiger partial charge >= 0.3 is 5.97 Å². The topological polar surface area (TPSA) is 81.9 Å². The lowest BCUT2D eigenvalue weighted by atomic mass is 10.1. The van der Waals surface area contributed by atoms with Gasteiger partial charge in [-0.1, -0.05) is 35.5 Å². The van der Waals surface area contributed by atoms with Crippen LogP contribution in [0.1, 0.15) is 10.6 Å². The maximum absolute atomic E-state index is 12.5. The predicted molar refractivity (Wildman–Crippen MR) is 81.7 cm³/mol. The van der Waals surface area contributed by atoms with Gasteiger partial charge < -0.3 is 18.9 Å². The van der Waals surface area contributed by atoms with Crippen LogP contribution in [0.4, 0.5) is 0 Å². The molecule has 0 bridgehead atoms. The van der Waals surface area contributed by atoms with Crippen LogP contribution < -0.4 is 0 Å². The maximum Gasteiger partial charge on any atom is 0.325 e. The van der Waals surface area contributed by atoms with Gasteiger partial charge in [-0.3, -0.25) is 9.59 Å². The zero-order valence-electron chi connectivity index (χ0n) is 13.0. The molecule has 0 N–H and O–H groups in total. The van der Waals surface area contributed by atoms with E-state index in [1.807, 2.05) is 30.3 Å². The number of carbonyl (C=O) groups excluding carboxylic acids is 2. The Kier molecular flexibility index (Phi) is 5.87. The van der Waals surface area contributed by atoms with Crippen molar-refractivity contribution in [1.29, 1.82) is 0 Å². The number of rotatable bonds is 7. The maximum atomic E-state index is 12.5. The third kappa shape index (κ3) is 4.40. The summed E-state index contributed by atoms with van der Waals surface area (Å²) in [7, 11) is 2.78. The number of carbonyl (C=O) groups is 2. The van der Waals surface area contributed by atoms with E-state index in [1.54, 1.807) is 6.07 Å². The van der Waals surface area contributed by atoms with Crippen LogP contribution in [-0.2, 0) is 14.3 Å². The Morgan fingerprint density at radius 2 is 1.96 bits per heavy atom. The van der Waals surface area contributed by atoms with Crippen LogP contribution in [0.2, 0.25) is 0 Å². The van der Waals surface area contributed by atoms with Crippen molar-refractivity contribution in [3.8, 4) is 11.3 Å². The first kappa shape index (κ1) is 16.7. The van der Waals surface area contributed by atoms with E-state index in [4.69, 9.17) is 9.26 Å². The summed E-state index contributed by atoms with van der Waals surface area (Å²) in [5.74, 6) is -0.900. The SMILES string of the molecule is COCCN(CC(=O)OC)C(=O)c1cc(-c2ccccc2)no1. The molecule has 1 heterocycles. The summed E-state index contributed by atoms with van der Waals surface area (Å²) >= 11 is 0. The highest BCUT2D eigenvalue weighted by molar-refractivity contribution is 5.94. The minimum Gasteiger partial charge on any atom is -0.468 e.